The highest BCUT2D eigenvalue weighted by Gasteiger charge is 2.21. The van der Waals surface area contributed by atoms with E-state index in [0.717, 1.165) is 24.3 Å². The first kappa shape index (κ1) is 17.7. The molecule has 3 amide bonds. The third-order valence-corrected chi connectivity index (χ3v) is 4.50. The maximum atomic E-state index is 12.4. The van der Waals surface area contributed by atoms with Gasteiger partial charge in [-0.2, -0.15) is 0 Å². The molecule has 0 aliphatic carbocycles. The van der Waals surface area contributed by atoms with E-state index in [0.29, 0.717) is 17.7 Å². The number of carbonyl (C=O) groups is 3. The van der Waals surface area contributed by atoms with Crippen LogP contribution in [-0.2, 0) is 9.59 Å². The Morgan fingerprint density at radius 2 is 1.69 bits per heavy atom. The summed E-state index contributed by atoms with van der Waals surface area (Å²) in [6.07, 6.45) is 1.45. The fourth-order valence-corrected chi connectivity index (χ4v) is 2.87. The molecule has 0 radical (unpaired) electrons. The van der Waals surface area contributed by atoms with Crippen LogP contribution in [0, 0.1) is 0 Å². The Balaban J connectivity index is 1.66. The molecule has 0 spiro atoms. The molecule has 2 aromatic rings. The molecule has 0 unspecified atom stereocenters. The third-order valence-electron chi connectivity index (χ3n) is 4.50. The van der Waals surface area contributed by atoms with Crippen molar-refractivity contribution in [2.45, 2.75) is 19.8 Å². The Bertz CT molecular complexity index is 828. The predicted molar refractivity (Wildman–Crippen MR) is 102 cm³/mol. The first-order valence-electron chi connectivity index (χ1n) is 8.52. The van der Waals surface area contributed by atoms with Crippen molar-refractivity contribution in [3.05, 3.63) is 54.1 Å². The molecule has 0 bridgehead atoms. The van der Waals surface area contributed by atoms with Crippen molar-refractivity contribution in [1.82, 2.24) is 0 Å². The van der Waals surface area contributed by atoms with E-state index in [1.165, 1.54) is 11.8 Å². The molecular weight excluding hydrogens is 330 g/mol. The Morgan fingerprint density at radius 3 is 2.23 bits per heavy atom. The Hall–Kier alpha value is -3.15. The monoisotopic (exact) mass is 351 g/mol. The van der Waals surface area contributed by atoms with Crippen LogP contribution in [0.4, 0.5) is 17.1 Å². The van der Waals surface area contributed by atoms with Crippen molar-refractivity contribution in [2.75, 3.05) is 28.7 Å². The molecule has 1 heterocycles. The molecular formula is C20H21N3O3. The standard InChI is InChI=1S/C20H21N3O3/c1-14(24)22(2)17-11-7-16(8-12-17)21-20(26)15-5-9-18(10-6-15)23-13-3-4-19(23)25/h5-12H,3-4,13H2,1-2H3,(H,21,26). The lowest BCUT2D eigenvalue weighted by molar-refractivity contribution is -0.117. The molecule has 0 atom stereocenters. The van der Waals surface area contributed by atoms with Crippen molar-refractivity contribution in [3.8, 4) is 0 Å². The molecule has 26 heavy (non-hydrogen) atoms. The number of rotatable bonds is 4. The van der Waals surface area contributed by atoms with Gasteiger partial charge in [0.2, 0.25) is 11.8 Å². The molecule has 1 fully saturated rings. The zero-order chi connectivity index (χ0) is 18.7. The van der Waals surface area contributed by atoms with Gasteiger partial charge in [0.1, 0.15) is 0 Å². The summed E-state index contributed by atoms with van der Waals surface area (Å²) in [5, 5.41) is 2.83. The molecule has 1 aliphatic rings. The van der Waals surface area contributed by atoms with Gasteiger partial charge in [-0.1, -0.05) is 0 Å². The van der Waals surface area contributed by atoms with Gasteiger partial charge in [0, 0.05) is 49.6 Å². The molecule has 134 valence electrons. The van der Waals surface area contributed by atoms with Gasteiger partial charge in [-0.15, -0.1) is 0 Å². The van der Waals surface area contributed by atoms with Crippen LogP contribution >= 0.6 is 0 Å². The second kappa shape index (κ2) is 7.39. The van der Waals surface area contributed by atoms with Crippen LogP contribution in [0.5, 0.6) is 0 Å². The van der Waals surface area contributed by atoms with Gasteiger partial charge >= 0.3 is 0 Å². The molecule has 6 nitrogen and oxygen atoms in total. The quantitative estimate of drug-likeness (QED) is 0.920. The number of hydrogen-bond acceptors (Lipinski definition) is 3. The predicted octanol–water partition coefficient (Wildman–Crippen LogP) is 3.05. The van der Waals surface area contributed by atoms with Gasteiger partial charge in [0.15, 0.2) is 0 Å². The third kappa shape index (κ3) is 3.74. The maximum Gasteiger partial charge on any atom is 0.255 e. The number of nitrogens with zero attached hydrogens (tertiary/aromatic N) is 2. The fourth-order valence-electron chi connectivity index (χ4n) is 2.87. The van der Waals surface area contributed by atoms with Crippen LogP contribution in [0.3, 0.4) is 0 Å². The summed E-state index contributed by atoms with van der Waals surface area (Å²) in [6, 6.07) is 14.1. The van der Waals surface area contributed by atoms with E-state index in [4.69, 9.17) is 0 Å². The maximum absolute atomic E-state index is 12.4. The molecule has 1 aliphatic heterocycles. The normalized spacial score (nSPS) is 13.6. The van der Waals surface area contributed by atoms with Gasteiger partial charge in [-0.3, -0.25) is 14.4 Å². The van der Waals surface area contributed by atoms with Crippen LogP contribution in [0.15, 0.2) is 48.5 Å². The lowest BCUT2D eigenvalue weighted by Crippen LogP contribution is -2.23. The molecule has 1 N–H and O–H groups in total. The average molecular weight is 351 g/mol. The zero-order valence-corrected chi connectivity index (χ0v) is 14.9. The Labute approximate surface area is 152 Å². The zero-order valence-electron chi connectivity index (χ0n) is 14.9. The first-order chi connectivity index (χ1) is 12.5. The van der Waals surface area contributed by atoms with Crippen molar-refractivity contribution < 1.29 is 14.4 Å². The summed E-state index contributed by atoms with van der Waals surface area (Å²) in [4.78, 5) is 38.8. The highest BCUT2D eigenvalue weighted by atomic mass is 16.2. The molecule has 3 rings (SSSR count). The molecule has 0 saturated carbocycles. The lowest BCUT2D eigenvalue weighted by Gasteiger charge is -2.16. The Kier molecular flexibility index (Phi) is 5.02. The van der Waals surface area contributed by atoms with E-state index in [9.17, 15) is 14.4 Å². The SMILES string of the molecule is CC(=O)N(C)c1ccc(NC(=O)c2ccc(N3CCCC3=O)cc2)cc1. The van der Waals surface area contributed by atoms with E-state index in [-0.39, 0.29) is 17.7 Å². The molecule has 2 aromatic carbocycles. The van der Waals surface area contributed by atoms with Crippen LogP contribution in [0.2, 0.25) is 0 Å². The fraction of sp³-hybridized carbons (Fsp3) is 0.250. The van der Waals surface area contributed by atoms with E-state index in [1.54, 1.807) is 60.5 Å². The lowest BCUT2D eigenvalue weighted by atomic mass is 10.1. The molecule has 0 aromatic heterocycles. The van der Waals surface area contributed by atoms with Gasteiger partial charge in [-0.25, -0.2) is 0 Å². The summed E-state index contributed by atoms with van der Waals surface area (Å²) < 4.78 is 0. The van der Waals surface area contributed by atoms with Crippen molar-refractivity contribution in [2.24, 2.45) is 0 Å². The smallest absolute Gasteiger partial charge is 0.255 e. The van der Waals surface area contributed by atoms with Crippen molar-refractivity contribution in [1.29, 1.82) is 0 Å². The average Bonchev–Trinajstić information content (AvgIpc) is 3.07. The van der Waals surface area contributed by atoms with Crippen LogP contribution in [0.25, 0.3) is 0 Å². The van der Waals surface area contributed by atoms with Gasteiger partial charge < -0.3 is 15.1 Å². The van der Waals surface area contributed by atoms with E-state index >= 15 is 0 Å². The number of amides is 3. The minimum atomic E-state index is -0.225. The summed E-state index contributed by atoms with van der Waals surface area (Å²) in [7, 11) is 1.70. The van der Waals surface area contributed by atoms with Crippen molar-refractivity contribution in [3.63, 3.8) is 0 Å². The topological polar surface area (TPSA) is 69.7 Å². The first-order valence-corrected chi connectivity index (χ1v) is 8.52. The minimum absolute atomic E-state index is 0.0571. The number of anilines is 3. The summed E-state index contributed by atoms with van der Waals surface area (Å²) in [6.45, 7) is 2.22. The van der Waals surface area contributed by atoms with E-state index in [2.05, 4.69) is 5.32 Å². The summed E-state index contributed by atoms with van der Waals surface area (Å²) in [5.74, 6) is -0.159. The number of hydrogen-bond donors (Lipinski definition) is 1. The highest BCUT2D eigenvalue weighted by molar-refractivity contribution is 6.05. The van der Waals surface area contributed by atoms with Gasteiger partial charge in [-0.05, 0) is 55.0 Å². The van der Waals surface area contributed by atoms with E-state index < -0.39 is 0 Å². The van der Waals surface area contributed by atoms with Crippen LogP contribution in [0.1, 0.15) is 30.1 Å². The van der Waals surface area contributed by atoms with Crippen LogP contribution in [-0.4, -0.2) is 31.3 Å². The molecule has 6 heteroatoms. The second-order valence-corrected chi connectivity index (χ2v) is 6.27. The summed E-state index contributed by atoms with van der Waals surface area (Å²) >= 11 is 0. The number of nitrogens with one attached hydrogen (secondary N) is 1. The number of benzene rings is 2. The van der Waals surface area contributed by atoms with Gasteiger partial charge in [0.25, 0.3) is 5.91 Å². The van der Waals surface area contributed by atoms with Crippen LogP contribution < -0.4 is 15.1 Å². The number of carbonyl (C=O) groups excluding carboxylic acids is 3. The summed E-state index contributed by atoms with van der Waals surface area (Å²) in [5.41, 5.74) is 2.75. The van der Waals surface area contributed by atoms with Crippen molar-refractivity contribution >= 4 is 34.8 Å². The highest BCUT2D eigenvalue weighted by Crippen LogP contribution is 2.22. The minimum Gasteiger partial charge on any atom is -0.322 e. The Morgan fingerprint density at radius 1 is 1.04 bits per heavy atom. The second-order valence-electron chi connectivity index (χ2n) is 6.27. The molecule has 1 saturated heterocycles. The largest absolute Gasteiger partial charge is 0.322 e. The van der Waals surface area contributed by atoms with E-state index in [1.807, 2.05) is 0 Å². The van der Waals surface area contributed by atoms with Gasteiger partial charge in [0.05, 0.1) is 0 Å².